The van der Waals surface area contributed by atoms with Gasteiger partial charge in [0.2, 0.25) is 13.3 Å². The van der Waals surface area contributed by atoms with Crippen molar-refractivity contribution in [2.24, 2.45) is 5.92 Å². The Morgan fingerprint density at radius 2 is 1.83 bits per heavy atom. The zero-order valence-electron chi connectivity index (χ0n) is 16.1. The number of ketones is 2. The molecule has 0 saturated heterocycles. The van der Waals surface area contributed by atoms with E-state index in [-0.39, 0.29) is 19.0 Å². The molecule has 0 N–H and O–H groups in total. The van der Waals surface area contributed by atoms with Crippen molar-refractivity contribution in [3.05, 3.63) is 63.7 Å². The third-order valence-corrected chi connectivity index (χ3v) is 4.93. The number of nitrogens with zero attached hydrogens (tertiary/aromatic N) is 1. The molecule has 3 rings (SSSR count). The van der Waals surface area contributed by atoms with Gasteiger partial charge in [-0.25, -0.2) is 0 Å². The van der Waals surface area contributed by atoms with Gasteiger partial charge in [0.15, 0.2) is 17.3 Å². The summed E-state index contributed by atoms with van der Waals surface area (Å²) in [5.74, 6) is -1.39. The van der Waals surface area contributed by atoms with Crippen molar-refractivity contribution < 1.29 is 28.7 Å². The summed E-state index contributed by atoms with van der Waals surface area (Å²) in [6, 6.07) is 11.2. The Balaban J connectivity index is 2.02. The highest BCUT2D eigenvalue weighted by atomic mass is 16.7. The standard InChI is InChI=1S/C21H21NO7/c1-3-17(23)20(21(24)13-4-7-15(27-2)8-5-13)16(11-22(25)26)14-6-9-18-19(10-14)29-12-28-18/h4-10,16,20H,3,11-12H2,1-2H3. The van der Waals surface area contributed by atoms with Gasteiger partial charge in [-0.1, -0.05) is 13.0 Å². The second kappa shape index (κ2) is 8.72. The molecule has 2 aromatic rings. The summed E-state index contributed by atoms with van der Waals surface area (Å²) < 4.78 is 15.7. The highest BCUT2D eigenvalue weighted by Crippen LogP contribution is 2.38. The zero-order chi connectivity index (χ0) is 21.0. The molecular weight excluding hydrogens is 378 g/mol. The fourth-order valence-corrected chi connectivity index (χ4v) is 3.42. The number of carbonyl (C=O) groups excluding carboxylic acids is 2. The molecule has 152 valence electrons. The van der Waals surface area contributed by atoms with Crippen molar-refractivity contribution in [3.8, 4) is 17.2 Å². The van der Waals surface area contributed by atoms with Gasteiger partial charge in [0, 0.05) is 16.9 Å². The fourth-order valence-electron chi connectivity index (χ4n) is 3.42. The first-order chi connectivity index (χ1) is 13.9. The Bertz CT molecular complexity index is 923. The maximum atomic E-state index is 13.2. The summed E-state index contributed by atoms with van der Waals surface area (Å²) in [6.07, 6.45) is 0.0886. The smallest absolute Gasteiger partial charge is 0.231 e. The van der Waals surface area contributed by atoms with E-state index in [0.717, 1.165) is 0 Å². The van der Waals surface area contributed by atoms with E-state index in [1.165, 1.54) is 7.11 Å². The summed E-state index contributed by atoms with van der Waals surface area (Å²) in [7, 11) is 1.51. The minimum Gasteiger partial charge on any atom is -0.497 e. The number of hydrogen-bond acceptors (Lipinski definition) is 7. The Morgan fingerprint density at radius 3 is 2.45 bits per heavy atom. The van der Waals surface area contributed by atoms with E-state index < -0.39 is 29.1 Å². The quantitative estimate of drug-likeness (QED) is 0.276. The molecule has 29 heavy (non-hydrogen) atoms. The van der Waals surface area contributed by atoms with E-state index >= 15 is 0 Å². The molecule has 0 spiro atoms. The van der Waals surface area contributed by atoms with Crippen LogP contribution in [0.15, 0.2) is 42.5 Å². The molecule has 0 saturated carbocycles. The normalized spacial score (nSPS) is 14.1. The number of ether oxygens (including phenoxy) is 3. The third kappa shape index (κ3) is 4.37. The van der Waals surface area contributed by atoms with Crippen LogP contribution in [0.2, 0.25) is 0 Å². The summed E-state index contributed by atoms with van der Waals surface area (Å²) in [6.45, 7) is 1.14. The van der Waals surface area contributed by atoms with Crippen LogP contribution in [0.5, 0.6) is 17.2 Å². The molecular formula is C21H21NO7. The molecule has 2 atom stereocenters. The first-order valence-electron chi connectivity index (χ1n) is 9.17. The molecule has 0 bridgehead atoms. The number of rotatable bonds is 9. The summed E-state index contributed by atoms with van der Waals surface area (Å²) in [5, 5.41) is 11.4. The minimum atomic E-state index is -1.18. The van der Waals surface area contributed by atoms with Crippen LogP contribution in [0, 0.1) is 16.0 Å². The van der Waals surface area contributed by atoms with Crippen molar-refractivity contribution in [2.75, 3.05) is 20.4 Å². The lowest BCUT2D eigenvalue weighted by atomic mass is 9.78. The van der Waals surface area contributed by atoms with E-state index in [0.29, 0.717) is 28.4 Å². The van der Waals surface area contributed by atoms with Crippen LogP contribution < -0.4 is 14.2 Å². The van der Waals surface area contributed by atoms with Crippen molar-refractivity contribution in [3.63, 3.8) is 0 Å². The van der Waals surface area contributed by atoms with E-state index in [2.05, 4.69) is 0 Å². The van der Waals surface area contributed by atoms with Gasteiger partial charge in [-0.05, 0) is 42.0 Å². The van der Waals surface area contributed by atoms with Crippen LogP contribution in [0.4, 0.5) is 0 Å². The van der Waals surface area contributed by atoms with Gasteiger partial charge in [0.05, 0.1) is 18.9 Å². The Kier molecular flexibility index (Phi) is 6.11. The lowest BCUT2D eigenvalue weighted by Crippen LogP contribution is -2.34. The van der Waals surface area contributed by atoms with Gasteiger partial charge < -0.3 is 14.2 Å². The first-order valence-corrected chi connectivity index (χ1v) is 9.17. The van der Waals surface area contributed by atoms with Crippen LogP contribution >= 0.6 is 0 Å². The Hall–Kier alpha value is -3.42. The highest BCUT2D eigenvalue weighted by molar-refractivity contribution is 6.11. The number of methoxy groups -OCH3 is 1. The summed E-state index contributed by atoms with van der Waals surface area (Å²) >= 11 is 0. The second-order valence-electron chi connectivity index (χ2n) is 6.62. The van der Waals surface area contributed by atoms with E-state index in [1.807, 2.05) is 0 Å². The monoisotopic (exact) mass is 399 g/mol. The van der Waals surface area contributed by atoms with Gasteiger partial charge in [0.25, 0.3) is 0 Å². The second-order valence-corrected chi connectivity index (χ2v) is 6.62. The van der Waals surface area contributed by atoms with Crippen molar-refractivity contribution in [1.29, 1.82) is 0 Å². The first kappa shape index (κ1) is 20.3. The summed E-state index contributed by atoms with van der Waals surface area (Å²) in [5.41, 5.74) is 0.784. The molecule has 0 amide bonds. The van der Waals surface area contributed by atoms with Gasteiger partial charge in [-0.15, -0.1) is 0 Å². The highest BCUT2D eigenvalue weighted by Gasteiger charge is 2.38. The molecule has 2 aromatic carbocycles. The maximum absolute atomic E-state index is 13.2. The number of carbonyl (C=O) groups is 2. The fraction of sp³-hybridized carbons (Fsp3) is 0.333. The molecule has 1 heterocycles. The van der Waals surface area contributed by atoms with E-state index in [4.69, 9.17) is 14.2 Å². The molecule has 1 aliphatic heterocycles. The molecule has 0 aromatic heterocycles. The molecule has 8 heteroatoms. The Labute approximate surface area is 167 Å². The minimum absolute atomic E-state index is 0.0563. The number of hydrogen-bond donors (Lipinski definition) is 0. The number of fused-ring (bicyclic) bond motifs is 1. The van der Waals surface area contributed by atoms with Crippen molar-refractivity contribution in [2.45, 2.75) is 19.3 Å². The molecule has 1 aliphatic rings. The SMILES string of the molecule is CCC(=O)C(C(=O)c1ccc(OC)cc1)C(C[N+](=O)[O-])c1ccc2c(c1)OCO2. The number of Topliss-reactive ketones (excluding diaryl/α,β-unsaturated/α-hetero) is 2. The van der Waals surface area contributed by atoms with Crippen molar-refractivity contribution >= 4 is 11.6 Å². The van der Waals surface area contributed by atoms with Crippen LogP contribution in [0.3, 0.4) is 0 Å². The third-order valence-electron chi connectivity index (χ3n) is 4.93. The number of nitro groups is 1. The van der Waals surface area contributed by atoms with Crippen LogP contribution in [0.25, 0.3) is 0 Å². The topological polar surface area (TPSA) is 105 Å². The van der Waals surface area contributed by atoms with Crippen LogP contribution in [0.1, 0.15) is 35.2 Å². The van der Waals surface area contributed by atoms with Gasteiger partial charge in [-0.3, -0.25) is 19.7 Å². The van der Waals surface area contributed by atoms with Gasteiger partial charge in [0.1, 0.15) is 11.5 Å². The van der Waals surface area contributed by atoms with E-state index in [9.17, 15) is 19.7 Å². The van der Waals surface area contributed by atoms with Gasteiger partial charge >= 0.3 is 0 Å². The predicted molar refractivity (Wildman–Crippen MR) is 103 cm³/mol. The van der Waals surface area contributed by atoms with Gasteiger partial charge in [-0.2, -0.15) is 0 Å². The summed E-state index contributed by atoms with van der Waals surface area (Å²) in [4.78, 5) is 36.9. The molecule has 8 nitrogen and oxygen atoms in total. The largest absolute Gasteiger partial charge is 0.497 e. The van der Waals surface area contributed by atoms with Crippen LogP contribution in [-0.4, -0.2) is 36.9 Å². The van der Waals surface area contributed by atoms with E-state index in [1.54, 1.807) is 49.4 Å². The zero-order valence-corrected chi connectivity index (χ0v) is 16.1. The average Bonchev–Trinajstić information content (AvgIpc) is 3.20. The predicted octanol–water partition coefficient (Wildman–Crippen LogP) is 3.26. The molecule has 0 fully saturated rings. The number of benzene rings is 2. The average molecular weight is 399 g/mol. The van der Waals surface area contributed by atoms with Crippen LogP contribution in [-0.2, 0) is 4.79 Å². The molecule has 0 aliphatic carbocycles. The Morgan fingerprint density at radius 1 is 1.14 bits per heavy atom. The van der Waals surface area contributed by atoms with Crippen molar-refractivity contribution in [1.82, 2.24) is 0 Å². The molecule has 2 unspecified atom stereocenters. The maximum Gasteiger partial charge on any atom is 0.231 e. The lowest BCUT2D eigenvalue weighted by Gasteiger charge is -2.23. The molecule has 0 radical (unpaired) electrons. The lowest BCUT2D eigenvalue weighted by molar-refractivity contribution is -0.484.